The number of oxazole rings is 1. The summed E-state index contributed by atoms with van der Waals surface area (Å²) in [5.41, 5.74) is 0.255. The number of anilines is 1. The van der Waals surface area contributed by atoms with E-state index in [1.54, 1.807) is 18.4 Å². The van der Waals surface area contributed by atoms with Crippen molar-refractivity contribution in [2.75, 3.05) is 38.1 Å². The van der Waals surface area contributed by atoms with Gasteiger partial charge in [0.1, 0.15) is 6.07 Å². The van der Waals surface area contributed by atoms with Crippen LogP contribution in [0.2, 0.25) is 0 Å². The molecule has 0 radical (unpaired) electrons. The van der Waals surface area contributed by atoms with Crippen molar-refractivity contribution in [2.45, 2.75) is 51.6 Å². The first-order valence-electron chi connectivity index (χ1n) is 11.2. The van der Waals surface area contributed by atoms with Gasteiger partial charge in [-0.1, -0.05) is 0 Å². The van der Waals surface area contributed by atoms with E-state index in [-0.39, 0.29) is 17.5 Å². The molecule has 2 fully saturated rings. The number of amides is 1. The summed E-state index contributed by atoms with van der Waals surface area (Å²) >= 11 is 0. The van der Waals surface area contributed by atoms with Crippen molar-refractivity contribution in [3.05, 3.63) is 24.1 Å². The van der Waals surface area contributed by atoms with E-state index in [0.29, 0.717) is 42.7 Å². The Bertz CT molecular complexity index is 914. The molecule has 31 heavy (non-hydrogen) atoms. The van der Waals surface area contributed by atoms with Crippen molar-refractivity contribution >= 4 is 11.8 Å². The number of carbonyl (C=O) groups excluding carboxylic acids is 1. The molecule has 0 spiro atoms. The minimum atomic E-state index is 0.0161. The van der Waals surface area contributed by atoms with Gasteiger partial charge in [-0.15, -0.1) is 0 Å². The average molecular weight is 426 g/mol. The Labute approximate surface area is 183 Å². The van der Waals surface area contributed by atoms with E-state index in [1.807, 2.05) is 16.8 Å². The summed E-state index contributed by atoms with van der Waals surface area (Å²) in [7, 11) is 1.96. The van der Waals surface area contributed by atoms with Crippen molar-refractivity contribution in [2.24, 2.45) is 5.92 Å². The molecule has 0 unspecified atom stereocenters. The SMILES string of the molecule is CC(C)N1CCC(N(C)C(=O)C2CCN(c3oc(-c4ccco4)nc3C#N)CC2)CC1. The third-order valence-corrected chi connectivity index (χ3v) is 6.70. The van der Waals surface area contributed by atoms with Crippen LogP contribution in [0.4, 0.5) is 5.88 Å². The van der Waals surface area contributed by atoms with Crippen LogP contribution in [0.5, 0.6) is 0 Å². The van der Waals surface area contributed by atoms with Crippen molar-refractivity contribution in [1.82, 2.24) is 14.8 Å². The lowest BCUT2D eigenvalue weighted by Gasteiger charge is -2.40. The molecule has 8 heteroatoms. The van der Waals surface area contributed by atoms with Crippen LogP contribution < -0.4 is 4.90 Å². The van der Waals surface area contributed by atoms with E-state index in [9.17, 15) is 10.1 Å². The lowest BCUT2D eigenvalue weighted by Crippen LogP contribution is -2.50. The van der Waals surface area contributed by atoms with Gasteiger partial charge in [-0.3, -0.25) is 4.79 Å². The Morgan fingerprint density at radius 3 is 2.52 bits per heavy atom. The second kappa shape index (κ2) is 9.15. The molecule has 0 aliphatic carbocycles. The molecule has 2 aliphatic rings. The largest absolute Gasteiger partial charge is 0.459 e. The third kappa shape index (κ3) is 4.47. The monoisotopic (exact) mass is 425 g/mol. The smallest absolute Gasteiger partial charge is 0.266 e. The molecule has 0 saturated carbocycles. The van der Waals surface area contributed by atoms with E-state index in [0.717, 1.165) is 38.8 Å². The molecule has 0 aromatic carbocycles. The number of hydrogen-bond donors (Lipinski definition) is 0. The maximum absolute atomic E-state index is 13.1. The van der Waals surface area contributed by atoms with Crippen LogP contribution >= 0.6 is 0 Å². The molecular weight excluding hydrogens is 394 g/mol. The summed E-state index contributed by atoms with van der Waals surface area (Å²) in [5.74, 6) is 1.54. The van der Waals surface area contributed by atoms with E-state index in [1.165, 1.54) is 0 Å². The normalized spacial score (nSPS) is 19.0. The number of nitriles is 1. The van der Waals surface area contributed by atoms with Gasteiger partial charge in [0, 0.05) is 51.2 Å². The average Bonchev–Trinajstić information content (AvgIpc) is 3.48. The zero-order chi connectivity index (χ0) is 22.0. The lowest BCUT2D eigenvalue weighted by molar-refractivity contribution is -0.138. The predicted molar refractivity (Wildman–Crippen MR) is 116 cm³/mol. The van der Waals surface area contributed by atoms with Crippen LogP contribution in [-0.4, -0.2) is 66.0 Å². The lowest BCUT2D eigenvalue weighted by atomic mass is 9.93. The van der Waals surface area contributed by atoms with Crippen molar-refractivity contribution in [3.63, 3.8) is 0 Å². The number of aromatic nitrogens is 1. The number of furan rings is 1. The molecule has 166 valence electrons. The highest BCUT2D eigenvalue weighted by molar-refractivity contribution is 5.79. The van der Waals surface area contributed by atoms with Gasteiger partial charge in [0.05, 0.1) is 6.26 Å². The molecule has 2 aromatic rings. The van der Waals surface area contributed by atoms with Crippen LogP contribution in [0, 0.1) is 17.2 Å². The Hall–Kier alpha value is -2.79. The van der Waals surface area contributed by atoms with E-state index >= 15 is 0 Å². The highest BCUT2D eigenvalue weighted by Crippen LogP contribution is 2.32. The van der Waals surface area contributed by atoms with Crippen molar-refractivity contribution < 1.29 is 13.6 Å². The number of likely N-dealkylation sites (tertiary alicyclic amines) is 1. The molecule has 1 amide bonds. The Balaban J connectivity index is 1.35. The number of piperidine rings is 2. The van der Waals surface area contributed by atoms with E-state index < -0.39 is 0 Å². The first kappa shape index (κ1) is 21.4. The van der Waals surface area contributed by atoms with Crippen LogP contribution in [0.15, 0.2) is 27.2 Å². The zero-order valence-electron chi connectivity index (χ0n) is 18.6. The van der Waals surface area contributed by atoms with Crippen LogP contribution in [0.3, 0.4) is 0 Å². The fourth-order valence-electron chi connectivity index (χ4n) is 4.69. The maximum Gasteiger partial charge on any atom is 0.266 e. The fourth-order valence-corrected chi connectivity index (χ4v) is 4.69. The van der Waals surface area contributed by atoms with Gasteiger partial charge in [0.2, 0.25) is 17.5 Å². The maximum atomic E-state index is 13.1. The van der Waals surface area contributed by atoms with Crippen molar-refractivity contribution in [3.8, 4) is 17.7 Å². The van der Waals surface area contributed by atoms with Gasteiger partial charge in [-0.05, 0) is 51.7 Å². The van der Waals surface area contributed by atoms with Gasteiger partial charge < -0.3 is 23.5 Å². The quantitative estimate of drug-likeness (QED) is 0.725. The third-order valence-electron chi connectivity index (χ3n) is 6.70. The van der Waals surface area contributed by atoms with E-state index in [2.05, 4.69) is 29.8 Å². The van der Waals surface area contributed by atoms with Crippen LogP contribution in [0.25, 0.3) is 11.7 Å². The second-order valence-corrected chi connectivity index (χ2v) is 8.83. The minimum Gasteiger partial charge on any atom is -0.459 e. The standard InChI is InChI=1S/C23H31N5O3/c1-16(2)27-12-8-18(9-13-27)26(3)22(29)17-6-10-28(11-7-17)23-19(15-24)25-21(31-23)20-5-4-14-30-20/h4-5,14,16-18H,6-13H2,1-3H3. The first-order valence-corrected chi connectivity index (χ1v) is 11.2. The van der Waals surface area contributed by atoms with E-state index in [4.69, 9.17) is 8.83 Å². The number of nitrogens with zero attached hydrogens (tertiary/aromatic N) is 5. The van der Waals surface area contributed by atoms with Crippen LogP contribution in [-0.2, 0) is 4.79 Å². The molecule has 2 aliphatic heterocycles. The summed E-state index contributed by atoms with van der Waals surface area (Å²) in [6.45, 7) is 7.90. The highest BCUT2D eigenvalue weighted by Gasteiger charge is 2.33. The minimum absolute atomic E-state index is 0.0161. The summed E-state index contributed by atoms with van der Waals surface area (Å²) < 4.78 is 11.2. The highest BCUT2D eigenvalue weighted by atomic mass is 16.4. The van der Waals surface area contributed by atoms with Gasteiger partial charge in [-0.25, -0.2) is 0 Å². The molecule has 0 bridgehead atoms. The van der Waals surface area contributed by atoms with Gasteiger partial charge in [0.15, 0.2) is 5.76 Å². The zero-order valence-corrected chi connectivity index (χ0v) is 18.6. The Kier molecular flexibility index (Phi) is 6.33. The second-order valence-electron chi connectivity index (χ2n) is 8.83. The van der Waals surface area contributed by atoms with Gasteiger partial charge in [-0.2, -0.15) is 10.2 Å². The Morgan fingerprint density at radius 1 is 1.23 bits per heavy atom. The Morgan fingerprint density at radius 2 is 1.94 bits per heavy atom. The number of carbonyl (C=O) groups is 1. The molecule has 8 nitrogen and oxygen atoms in total. The topological polar surface area (TPSA) is 89.8 Å². The molecule has 0 N–H and O–H groups in total. The summed E-state index contributed by atoms with van der Waals surface area (Å²) in [5, 5.41) is 9.48. The van der Waals surface area contributed by atoms with Crippen LogP contribution in [0.1, 0.15) is 45.2 Å². The summed E-state index contributed by atoms with van der Waals surface area (Å²) in [6.07, 6.45) is 5.12. The molecule has 2 aromatic heterocycles. The molecular formula is C23H31N5O3. The van der Waals surface area contributed by atoms with Gasteiger partial charge in [0.25, 0.3) is 5.89 Å². The molecule has 4 heterocycles. The predicted octanol–water partition coefficient (Wildman–Crippen LogP) is 3.35. The summed E-state index contributed by atoms with van der Waals surface area (Å²) in [6, 6.07) is 6.52. The van der Waals surface area contributed by atoms with Crippen molar-refractivity contribution in [1.29, 1.82) is 5.26 Å². The first-order chi connectivity index (χ1) is 15.0. The summed E-state index contributed by atoms with van der Waals surface area (Å²) in [4.78, 5) is 23.9. The fraction of sp³-hybridized carbons (Fsp3) is 0.609. The molecule has 2 saturated heterocycles. The number of rotatable bonds is 5. The molecule has 0 atom stereocenters. The number of hydrogen-bond acceptors (Lipinski definition) is 7. The molecule has 4 rings (SSSR count). The van der Waals surface area contributed by atoms with Gasteiger partial charge >= 0.3 is 0 Å².